The number of hydrogen-bond acceptors (Lipinski definition) is 3. The van der Waals surface area contributed by atoms with E-state index in [4.69, 9.17) is 0 Å². The topological polar surface area (TPSA) is 66.5 Å². The van der Waals surface area contributed by atoms with Crippen LogP contribution < -0.4 is 9.62 Å². The van der Waals surface area contributed by atoms with Crippen molar-refractivity contribution in [3.05, 3.63) is 59.2 Å². The van der Waals surface area contributed by atoms with Gasteiger partial charge in [0.1, 0.15) is 0 Å². The second kappa shape index (κ2) is 8.28. The summed E-state index contributed by atoms with van der Waals surface area (Å²) in [5.74, 6) is 0.600. The van der Waals surface area contributed by atoms with Gasteiger partial charge in [0.05, 0.1) is 4.90 Å². The van der Waals surface area contributed by atoms with Gasteiger partial charge in [-0.05, 0) is 60.1 Å². The predicted octanol–water partition coefficient (Wildman–Crippen LogP) is 4.12. The Balaban J connectivity index is 1.42. The lowest BCUT2D eigenvalue weighted by molar-refractivity contribution is -0.116. The molecule has 0 spiro atoms. The molecular formula is C23H28N2O3S. The summed E-state index contributed by atoms with van der Waals surface area (Å²) in [6.45, 7) is 2.49. The van der Waals surface area contributed by atoms with Crippen LogP contribution in [0, 0.1) is 0 Å². The average molecular weight is 413 g/mol. The van der Waals surface area contributed by atoms with E-state index < -0.39 is 10.0 Å². The Morgan fingerprint density at radius 3 is 2.48 bits per heavy atom. The maximum atomic E-state index is 12.7. The molecule has 0 unspecified atom stereocenters. The maximum absolute atomic E-state index is 12.7. The molecule has 154 valence electrons. The van der Waals surface area contributed by atoms with Gasteiger partial charge in [-0.2, -0.15) is 0 Å². The largest absolute Gasteiger partial charge is 0.312 e. The standard InChI is InChI=1S/C23H28N2O3S/c1-17(26)25-14-13-21-15-18(7-12-23(21)25)16-24-29(27,28)22-10-8-20(9-11-22)19-5-3-2-4-6-19/h7-12,15,19,24H,2-6,13-14,16H2,1H3. The summed E-state index contributed by atoms with van der Waals surface area (Å²) in [4.78, 5) is 13.7. The molecule has 2 aliphatic rings. The van der Waals surface area contributed by atoms with E-state index in [9.17, 15) is 13.2 Å². The summed E-state index contributed by atoms with van der Waals surface area (Å²) in [5.41, 5.74) is 4.17. The van der Waals surface area contributed by atoms with Crippen molar-refractivity contribution in [2.45, 2.75) is 62.8 Å². The Morgan fingerprint density at radius 2 is 1.79 bits per heavy atom. The first-order chi connectivity index (χ1) is 13.9. The molecule has 29 heavy (non-hydrogen) atoms. The number of nitrogens with one attached hydrogen (secondary N) is 1. The lowest BCUT2D eigenvalue weighted by atomic mass is 9.84. The molecular weight excluding hydrogens is 384 g/mol. The summed E-state index contributed by atoms with van der Waals surface area (Å²) in [6.07, 6.45) is 7.03. The second-order valence-electron chi connectivity index (χ2n) is 8.11. The van der Waals surface area contributed by atoms with Crippen molar-refractivity contribution in [2.75, 3.05) is 11.4 Å². The maximum Gasteiger partial charge on any atom is 0.240 e. The molecule has 1 aliphatic carbocycles. The lowest BCUT2D eigenvalue weighted by Gasteiger charge is -2.22. The normalized spacial score (nSPS) is 17.3. The van der Waals surface area contributed by atoms with Crippen LogP contribution in [0.3, 0.4) is 0 Å². The van der Waals surface area contributed by atoms with Crippen LogP contribution >= 0.6 is 0 Å². The number of rotatable bonds is 5. The van der Waals surface area contributed by atoms with Crippen LogP contribution in [0.2, 0.25) is 0 Å². The van der Waals surface area contributed by atoms with Gasteiger partial charge in [-0.25, -0.2) is 13.1 Å². The number of sulfonamides is 1. The van der Waals surface area contributed by atoms with E-state index in [-0.39, 0.29) is 12.5 Å². The minimum Gasteiger partial charge on any atom is -0.312 e. The monoisotopic (exact) mass is 412 g/mol. The summed E-state index contributed by atoms with van der Waals surface area (Å²) in [5, 5.41) is 0. The number of hydrogen-bond donors (Lipinski definition) is 1. The highest BCUT2D eigenvalue weighted by molar-refractivity contribution is 7.89. The number of carbonyl (C=O) groups is 1. The molecule has 6 heteroatoms. The molecule has 1 fully saturated rings. The second-order valence-corrected chi connectivity index (χ2v) is 9.88. The highest BCUT2D eigenvalue weighted by atomic mass is 32.2. The quantitative estimate of drug-likeness (QED) is 0.803. The van der Waals surface area contributed by atoms with E-state index in [1.54, 1.807) is 24.0 Å². The molecule has 0 radical (unpaired) electrons. The molecule has 4 rings (SSSR count). The third kappa shape index (κ3) is 4.38. The van der Waals surface area contributed by atoms with Gasteiger partial charge >= 0.3 is 0 Å². The molecule has 0 atom stereocenters. The fourth-order valence-corrected chi connectivity index (χ4v) is 5.53. The fourth-order valence-electron chi connectivity index (χ4n) is 4.51. The van der Waals surface area contributed by atoms with Crippen molar-refractivity contribution >= 4 is 21.6 Å². The van der Waals surface area contributed by atoms with Gasteiger partial charge in [-0.1, -0.05) is 43.5 Å². The van der Waals surface area contributed by atoms with Crippen molar-refractivity contribution in [2.24, 2.45) is 0 Å². The average Bonchev–Trinajstić information content (AvgIpc) is 3.17. The Kier molecular flexibility index (Phi) is 5.74. The van der Waals surface area contributed by atoms with Gasteiger partial charge in [-0.15, -0.1) is 0 Å². The minimum atomic E-state index is -3.56. The first-order valence-electron chi connectivity index (χ1n) is 10.4. The number of anilines is 1. The molecule has 1 amide bonds. The molecule has 1 saturated carbocycles. The van der Waals surface area contributed by atoms with Crippen molar-refractivity contribution in [1.29, 1.82) is 0 Å². The third-order valence-corrected chi connectivity index (χ3v) is 7.57. The van der Waals surface area contributed by atoms with Crippen molar-refractivity contribution in [1.82, 2.24) is 4.72 Å². The molecule has 1 aliphatic heterocycles. The van der Waals surface area contributed by atoms with E-state index in [1.807, 2.05) is 30.3 Å². The van der Waals surface area contributed by atoms with Crippen LogP contribution in [-0.4, -0.2) is 20.9 Å². The van der Waals surface area contributed by atoms with Crippen LogP contribution in [-0.2, 0) is 27.8 Å². The number of nitrogens with zero attached hydrogens (tertiary/aromatic N) is 1. The molecule has 5 nitrogen and oxygen atoms in total. The highest BCUT2D eigenvalue weighted by Gasteiger charge is 2.23. The molecule has 0 saturated heterocycles. The first-order valence-corrected chi connectivity index (χ1v) is 11.9. The molecule has 1 N–H and O–H groups in total. The first kappa shape index (κ1) is 20.1. The van der Waals surface area contributed by atoms with Gasteiger partial charge in [0.25, 0.3) is 0 Å². The van der Waals surface area contributed by atoms with E-state index in [0.717, 1.165) is 23.2 Å². The van der Waals surface area contributed by atoms with Crippen LogP contribution in [0.1, 0.15) is 61.6 Å². The minimum absolute atomic E-state index is 0.0360. The van der Waals surface area contributed by atoms with Crippen LogP contribution in [0.4, 0.5) is 5.69 Å². The number of fused-ring (bicyclic) bond motifs is 1. The fraction of sp³-hybridized carbons (Fsp3) is 0.435. The third-order valence-electron chi connectivity index (χ3n) is 6.15. The smallest absolute Gasteiger partial charge is 0.240 e. The van der Waals surface area contributed by atoms with E-state index in [1.165, 1.54) is 37.7 Å². The van der Waals surface area contributed by atoms with Gasteiger partial charge in [-0.3, -0.25) is 4.79 Å². The van der Waals surface area contributed by atoms with Crippen molar-refractivity contribution in [3.63, 3.8) is 0 Å². The van der Waals surface area contributed by atoms with Crippen molar-refractivity contribution < 1.29 is 13.2 Å². The zero-order chi connectivity index (χ0) is 20.4. The van der Waals surface area contributed by atoms with E-state index >= 15 is 0 Å². The Hall–Kier alpha value is -2.18. The van der Waals surface area contributed by atoms with E-state index in [2.05, 4.69) is 4.72 Å². The van der Waals surface area contributed by atoms with Crippen molar-refractivity contribution in [3.8, 4) is 0 Å². The lowest BCUT2D eigenvalue weighted by Crippen LogP contribution is -2.25. The zero-order valence-corrected chi connectivity index (χ0v) is 17.7. The van der Waals surface area contributed by atoms with Crippen LogP contribution in [0.5, 0.6) is 0 Å². The number of benzene rings is 2. The molecule has 2 aromatic rings. The molecule has 0 bridgehead atoms. The highest BCUT2D eigenvalue weighted by Crippen LogP contribution is 2.33. The predicted molar refractivity (Wildman–Crippen MR) is 114 cm³/mol. The number of amides is 1. The Labute approximate surface area is 173 Å². The molecule has 2 aromatic carbocycles. The van der Waals surface area contributed by atoms with E-state index in [0.29, 0.717) is 17.4 Å². The summed E-state index contributed by atoms with van der Waals surface area (Å²) < 4.78 is 28.1. The summed E-state index contributed by atoms with van der Waals surface area (Å²) in [6, 6.07) is 13.2. The van der Waals surface area contributed by atoms with Gasteiger partial charge in [0, 0.05) is 25.7 Å². The summed E-state index contributed by atoms with van der Waals surface area (Å²) >= 11 is 0. The number of carbonyl (C=O) groups excluding carboxylic acids is 1. The van der Waals surface area contributed by atoms with Gasteiger partial charge in [0.2, 0.25) is 15.9 Å². The Morgan fingerprint density at radius 1 is 1.07 bits per heavy atom. The van der Waals surface area contributed by atoms with Crippen LogP contribution in [0.15, 0.2) is 47.4 Å². The zero-order valence-electron chi connectivity index (χ0n) is 16.9. The van der Waals surface area contributed by atoms with Gasteiger partial charge < -0.3 is 4.90 Å². The summed E-state index contributed by atoms with van der Waals surface area (Å²) in [7, 11) is -3.56. The molecule has 0 aromatic heterocycles. The Bertz CT molecular complexity index is 993. The van der Waals surface area contributed by atoms with Gasteiger partial charge in [0.15, 0.2) is 0 Å². The molecule has 1 heterocycles. The SMILES string of the molecule is CC(=O)N1CCc2cc(CNS(=O)(=O)c3ccc(C4CCCCC4)cc3)ccc21. The van der Waals surface area contributed by atoms with Crippen LogP contribution in [0.25, 0.3) is 0 Å².